The molecule has 2 aromatic carbocycles. The number of carbonyl (C=O) groups excluding carboxylic acids is 1. The molecule has 0 atom stereocenters. The van der Waals surface area contributed by atoms with Crippen molar-refractivity contribution in [2.24, 2.45) is 7.05 Å². The molecule has 6 nitrogen and oxygen atoms in total. The Labute approximate surface area is 199 Å². The molecule has 6 heteroatoms. The van der Waals surface area contributed by atoms with Crippen molar-refractivity contribution in [2.45, 2.75) is 13.0 Å². The van der Waals surface area contributed by atoms with E-state index in [1.807, 2.05) is 54.4 Å². The minimum absolute atomic E-state index is 0.0209. The molecule has 0 fully saturated rings. The van der Waals surface area contributed by atoms with Crippen molar-refractivity contribution in [2.75, 3.05) is 20.8 Å². The first kappa shape index (κ1) is 21.8. The van der Waals surface area contributed by atoms with E-state index in [9.17, 15) is 4.79 Å². The number of nitrogens with zero attached hydrogens (tertiary/aromatic N) is 3. The quantitative estimate of drug-likeness (QED) is 0.405. The number of hydrogen-bond acceptors (Lipinski definition) is 4. The molecule has 0 bridgehead atoms. The molecule has 0 radical (unpaired) electrons. The number of methoxy groups -OCH3 is 2. The summed E-state index contributed by atoms with van der Waals surface area (Å²) in [6, 6.07) is 18.2. The molecule has 0 unspecified atom stereocenters. The smallest absolute Gasteiger partial charge is 0.246 e. The number of ether oxygens (including phenoxy) is 2. The van der Waals surface area contributed by atoms with Crippen LogP contribution in [0.25, 0.3) is 28.4 Å². The third-order valence-electron chi connectivity index (χ3n) is 6.46. The molecule has 0 saturated heterocycles. The fourth-order valence-electron chi connectivity index (χ4n) is 4.72. The van der Waals surface area contributed by atoms with E-state index >= 15 is 0 Å². The van der Waals surface area contributed by atoms with Gasteiger partial charge in [0.1, 0.15) is 0 Å². The third kappa shape index (κ3) is 3.81. The van der Waals surface area contributed by atoms with Crippen LogP contribution in [0.15, 0.2) is 66.9 Å². The minimum atomic E-state index is -0.0209. The second-order valence-electron chi connectivity index (χ2n) is 8.38. The molecule has 34 heavy (non-hydrogen) atoms. The monoisotopic (exact) mass is 453 g/mol. The van der Waals surface area contributed by atoms with Crippen molar-refractivity contribution in [3.8, 4) is 22.8 Å². The first-order chi connectivity index (χ1) is 16.6. The lowest BCUT2D eigenvalue weighted by molar-refractivity contribution is -0.126. The number of fused-ring (bicyclic) bond motifs is 2. The summed E-state index contributed by atoms with van der Waals surface area (Å²) in [4.78, 5) is 19.7. The first-order valence-corrected chi connectivity index (χ1v) is 11.3. The highest BCUT2D eigenvalue weighted by molar-refractivity contribution is 5.99. The van der Waals surface area contributed by atoms with Crippen molar-refractivity contribution < 1.29 is 14.3 Å². The zero-order valence-electron chi connectivity index (χ0n) is 19.6. The average Bonchev–Trinajstić information content (AvgIpc) is 3.18. The molecule has 1 aliphatic rings. The van der Waals surface area contributed by atoms with E-state index in [2.05, 4.69) is 27.8 Å². The van der Waals surface area contributed by atoms with Gasteiger partial charge in [0, 0.05) is 38.0 Å². The van der Waals surface area contributed by atoms with Crippen molar-refractivity contribution in [3.05, 3.63) is 83.6 Å². The van der Waals surface area contributed by atoms with E-state index in [1.54, 1.807) is 26.5 Å². The predicted octanol–water partition coefficient (Wildman–Crippen LogP) is 4.86. The van der Waals surface area contributed by atoms with Gasteiger partial charge in [0.15, 0.2) is 11.5 Å². The molecule has 1 amide bonds. The zero-order chi connectivity index (χ0) is 23.7. The summed E-state index contributed by atoms with van der Waals surface area (Å²) < 4.78 is 13.0. The average molecular weight is 454 g/mol. The van der Waals surface area contributed by atoms with Crippen LogP contribution >= 0.6 is 0 Å². The number of pyridine rings is 1. The summed E-state index contributed by atoms with van der Waals surface area (Å²) in [5, 5.41) is 0. The molecule has 0 aliphatic carbocycles. The van der Waals surface area contributed by atoms with Gasteiger partial charge in [-0.05, 0) is 53.5 Å². The standard InChI is InChI=1S/C28H27N3O3/c1-30-23-10-7-14-29-27(23)22(28(30)19-8-5-4-6-9-19)11-12-26(32)31-15-13-20-16-24(33-2)25(34-3)17-21(20)18-31/h4-12,14,16-17H,13,15,18H2,1-3H3/b12-11+. The van der Waals surface area contributed by atoms with Crippen molar-refractivity contribution >= 4 is 23.0 Å². The normalized spacial score (nSPS) is 13.3. The summed E-state index contributed by atoms with van der Waals surface area (Å²) in [7, 11) is 5.30. The Morgan fingerprint density at radius 2 is 1.74 bits per heavy atom. The van der Waals surface area contributed by atoms with Crippen LogP contribution in [0.1, 0.15) is 16.7 Å². The number of aromatic nitrogens is 2. The van der Waals surface area contributed by atoms with Crippen LogP contribution in [0.3, 0.4) is 0 Å². The van der Waals surface area contributed by atoms with E-state index in [-0.39, 0.29) is 5.91 Å². The number of rotatable bonds is 5. The molecule has 5 rings (SSSR count). The molecule has 0 N–H and O–H groups in total. The van der Waals surface area contributed by atoms with Crippen molar-refractivity contribution in [1.82, 2.24) is 14.5 Å². The maximum Gasteiger partial charge on any atom is 0.246 e. The number of benzene rings is 2. The van der Waals surface area contributed by atoms with Gasteiger partial charge in [0.05, 0.1) is 30.9 Å². The molecular formula is C28H27N3O3. The van der Waals surface area contributed by atoms with E-state index in [0.717, 1.165) is 45.6 Å². The highest BCUT2D eigenvalue weighted by Gasteiger charge is 2.22. The van der Waals surface area contributed by atoms with Crippen LogP contribution < -0.4 is 9.47 Å². The molecule has 0 spiro atoms. The van der Waals surface area contributed by atoms with Crippen molar-refractivity contribution in [1.29, 1.82) is 0 Å². The highest BCUT2D eigenvalue weighted by Crippen LogP contribution is 2.34. The van der Waals surface area contributed by atoms with Crippen LogP contribution in [-0.2, 0) is 24.8 Å². The Hall–Kier alpha value is -4.06. The van der Waals surface area contributed by atoms with Gasteiger partial charge in [-0.3, -0.25) is 9.78 Å². The summed E-state index contributed by atoms with van der Waals surface area (Å²) in [5.41, 5.74) is 7.26. The third-order valence-corrected chi connectivity index (χ3v) is 6.46. The van der Waals surface area contributed by atoms with Gasteiger partial charge in [-0.1, -0.05) is 30.3 Å². The van der Waals surface area contributed by atoms with Crippen LogP contribution in [0.2, 0.25) is 0 Å². The van der Waals surface area contributed by atoms with E-state index < -0.39 is 0 Å². The number of carbonyl (C=O) groups is 1. The van der Waals surface area contributed by atoms with Crippen molar-refractivity contribution in [3.63, 3.8) is 0 Å². The molecule has 4 aromatic rings. The lowest BCUT2D eigenvalue weighted by Crippen LogP contribution is -2.34. The summed E-state index contributed by atoms with van der Waals surface area (Å²) in [6.07, 6.45) is 6.14. The number of aryl methyl sites for hydroxylation is 1. The topological polar surface area (TPSA) is 56.6 Å². The molecule has 172 valence electrons. The Morgan fingerprint density at radius 3 is 2.47 bits per heavy atom. The summed E-state index contributed by atoms with van der Waals surface area (Å²) >= 11 is 0. The summed E-state index contributed by atoms with van der Waals surface area (Å²) in [6.45, 7) is 1.20. The Morgan fingerprint density at radius 1 is 1.00 bits per heavy atom. The fourth-order valence-corrected chi connectivity index (χ4v) is 4.72. The maximum atomic E-state index is 13.2. The minimum Gasteiger partial charge on any atom is -0.493 e. The second kappa shape index (κ2) is 9.06. The van der Waals surface area contributed by atoms with Gasteiger partial charge in [0.2, 0.25) is 5.91 Å². The second-order valence-corrected chi connectivity index (χ2v) is 8.38. The van der Waals surface area contributed by atoms with Crippen LogP contribution in [-0.4, -0.2) is 41.1 Å². The zero-order valence-corrected chi connectivity index (χ0v) is 19.6. The van der Waals surface area contributed by atoms with Gasteiger partial charge in [0.25, 0.3) is 0 Å². The molecular weight excluding hydrogens is 426 g/mol. The molecule has 1 aliphatic heterocycles. The Kier molecular flexibility index (Phi) is 5.80. The Balaban J connectivity index is 1.46. The molecule has 3 heterocycles. The molecule has 0 saturated carbocycles. The van der Waals surface area contributed by atoms with Gasteiger partial charge >= 0.3 is 0 Å². The van der Waals surface area contributed by atoms with Crippen LogP contribution in [0.4, 0.5) is 0 Å². The largest absolute Gasteiger partial charge is 0.493 e. The summed E-state index contributed by atoms with van der Waals surface area (Å²) in [5.74, 6) is 1.38. The number of amides is 1. The van der Waals surface area contributed by atoms with Crippen LogP contribution in [0, 0.1) is 0 Å². The van der Waals surface area contributed by atoms with Gasteiger partial charge in [-0.2, -0.15) is 0 Å². The fraction of sp³-hybridized carbons (Fsp3) is 0.214. The molecule has 2 aromatic heterocycles. The van der Waals surface area contributed by atoms with E-state index in [1.165, 1.54) is 5.56 Å². The van der Waals surface area contributed by atoms with Gasteiger partial charge in [-0.25, -0.2) is 0 Å². The number of hydrogen-bond donors (Lipinski definition) is 0. The lowest BCUT2D eigenvalue weighted by atomic mass is 9.98. The van der Waals surface area contributed by atoms with E-state index in [0.29, 0.717) is 18.8 Å². The van der Waals surface area contributed by atoms with Crippen LogP contribution in [0.5, 0.6) is 11.5 Å². The van der Waals surface area contributed by atoms with Gasteiger partial charge < -0.3 is 18.9 Å². The highest BCUT2D eigenvalue weighted by atomic mass is 16.5. The van der Waals surface area contributed by atoms with Gasteiger partial charge in [-0.15, -0.1) is 0 Å². The first-order valence-electron chi connectivity index (χ1n) is 11.3. The SMILES string of the molecule is COc1cc2c(cc1OC)CN(C(=O)/C=C/c1c(-c3ccccc3)n(C)c3cccnc13)CC2. The van der Waals surface area contributed by atoms with E-state index in [4.69, 9.17) is 9.47 Å². The Bertz CT molecular complexity index is 1390. The predicted molar refractivity (Wildman–Crippen MR) is 134 cm³/mol. The maximum absolute atomic E-state index is 13.2. The lowest BCUT2D eigenvalue weighted by Gasteiger charge is -2.28.